The van der Waals surface area contributed by atoms with Crippen molar-refractivity contribution in [2.75, 3.05) is 9.80 Å². The topological polar surface area (TPSA) is 40.6 Å². The van der Waals surface area contributed by atoms with Crippen LogP contribution in [-0.4, -0.2) is 17.9 Å². The Labute approximate surface area is 177 Å². The van der Waals surface area contributed by atoms with Crippen LogP contribution < -0.4 is 9.80 Å². The van der Waals surface area contributed by atoms with E-state index >= 15 is 0 Å². The van der Waals surface area contributed by atoms with Gasteiger partial charge in [-0.1, -0.05) is 61.5 Å². The standard InChI is InChI=1S/C26H26N2O2/c1-3-25(29)28(21-14-8-5-9-15-21)24-18-19(2)27(23-17-11-10-16-22(23)24)26(30)20-12-6-4-7-13-20/h4-17,19,24H,3,18H2,1-2H3/t19-,24+/m0/s1. The van der Waals surface area contributed by atoms with Gasteiger partial charge in [0, 0.05) is 29.4 Å². The van der Waals surface area contributed by atoms with Gasteiger partial charge in [0.15, 0.2) is 0 Å². The fourth-order valence-electron chi connectivity index (χ4n) is 4.31. The van der Waals surface area contributed by atoms with Crippen molar-refractivity contribution in [3.8, 4) is 0 Å². The fourth-order valence-corrected chi connectivity index (χ4v) is 4.31. The first-order valence-electron chi connectivity index (χ1n) is 10.5. The molecule has 2 amide bonds. The van der Waals surface area contributed by atoms with Crippen LogP contribution in [0.3, 0.4) is 0 Å². The van der Waals surface area contributed by atoms with E-state index in [0.29, 0.717) is 18.4 Å². The Morgan fingerprint density at radius 3 is 2.17 bits per heavy atom. The second-order valence-corrected chi connectivity index (χ2v) is 7.65. The highest BCUT2D eigenvalue weighted by atomic mass is 16.2. The first-order valence-corrected chi connectivity index (χ1v) is 10.5. The molecule has 2 atom stereocenters. The largest absolute Gasteiger partial charge is 0.305 e. The lowest BCUT2D eigenvalue weighted by molar-refractivity contribution is -0.118. The Balaban J connectivity index is 1.79. The number of anilines is 2. The monoisotopic (exact) mass is 398 g/mol. The maximum absolute atomic E-state index is 13.4. The SMILES string of the molecule is CCC(=O)N(c1ccccc1)[C@@H]1C[C@H](C)N(C(=O)c2ccccc2)c2ccccc21. The van der Waals surface area contributed by atoms with Crippen LogP contribution in [0.1, 0.15) is 48.7 Å². The van der Waals surface area contributed by atoms with Crippen LogP contribution in [0.15, 0.2) is 84.9 Å². The van der Waals surface area contributed by atoms with Crippen molar-refractivity contribution < 1.29 is 9.59 Å². The first-order chi connectivity index (χ1) is 14.6. The zero-order chi connectivity index (χ0) is 21.1. The molecule has 0 fully saturated rings. The predicted molar refractivity (Wildman–Crippen MR) is 121 cm³/mol. The lowest BCUT2D eigenvalue weighted by Crippen LogP contribution is -2.47. The molecule has 0 bridgehead atoms. The average Bonchev–Trinajstić information content (AvgIpc) is 2.80. The van der Waals surface area contributed by atoms with Crippen LogP contribution in [0.5, 0.6) is 0 Å². The molecule has 0 unspecified atom stereocenters. The fraction of sp³-hybridized carbons (Fsp3) is 0.231. The molecule has 1 heterocycles. The summed E-state index contributed by atoms with van der Waals surface area (Å²) in [6.07, 6.45) is 1.10. The third kappa shape index (κ3) is 3.61. The number of benzene rings is 3. The van der Waals surface area contributed by atoms with E-state index in [1.54, 1.807) is 0 Å². The zero-order valence-electron chi connectivity index (χ0n) is 17.4. The normalized spacial score (nSPS) is 17.9. The first kappa shape index (κ1) is 19.9. The van der Waals surface area contributed by atoms with Crippen LogP contribution in [0.4, 0.5) is 11.4 Å². The highest BCUT2D eigenvalue weighted by molar-refractivity contribution is 6.07. The minimum Gasteiger partial charge on any atom is -0.305 e. The van der Waals surface area contributed by atoms with Crippen molar-refractivity contribution in [1.29, 1.82) is 0 Å². The lowest BCUT2D eigenvalue weighted by atomic mass is 9.89. The molecule has 0 aromatic heterocycles. The van der Waals surface area contributed by atoms with Gasteiger partial charge in [-0.15, -0.1) is 0 Å². The second-order valence-electron chi connectivity index (χ2n) is 7.65. The summed E-state index contributed by atoms with van der Waals surface area (Å²) in [4.78, 5) is 30.1. The Morgan fingerprint density at radius 1 is 0.900 bits per heavy atom. The molecule has 0 saturated carbocycles. The molecule has 1 aliphatic rings. The maximum Gasteiger partial charge on any atom is 0.258 e. The molecule has 152 valence electrons. The minimum atomic E-state index is -0.120. The van der Waals surface area contributed by atoms with Crippen molar-refractivity contribution in [3.05, 3.63) is 96.1 Å². The molecule has 0 saturated heterocycles. The molecule has 30 heavy (non-hydrogen) atoms. The number of nitrogens with zero attached hydrogens (tertiary/aromatic N) is 2. The lowest BCUT2D eigenvalue weighted by Gasteiger charge is -2.43. The van der Waals surface area contributed by atoms with E-state index in [2.05, 4.69) is 6.92 Å². The molecule has 3 aromatic carbocycles. The number of rotatable bonds is 4. The summed E-state index contributed by atoms with van der Waals surface area (Å²) in [5.74, 6) is 0.0677. The Kier molecular flexibility index (Phi) is 5.66. The molecule has 3 aromatic rings. The van der Waals surface area contributed by atoms with E-state index in [4.69, 9.17) is 0 Å². The van der Waals surface area contributed by atoms with Gasteiger partial charge in [0.25, 0.3) is 5.91 Å². The molecular weight excluding hydrogens is 372 g/mol. The van der Waals surface area contributed by atoms with Crippen molar-refractivity contribution in [3.63, 3.8) is 0 Å². The quantitative estimate of drug-likeness (QED) is 0.573. The van der Waals surface area contributed by atoms with Crippen molar-refractivity contribution >= 4 is 23.2 Å². The molecule has 4 heteroatoms. The van der Waals surface area contributed by atoms with Gasteiger partial charge in [-0.05, 0) is 49.2 Å². The number of hydrogen-bond acceptors (Lipinski definition) is 2. The van der Waals surface area contributed by atoms with Gasteiger partial charge >= 0.3 is 0 Å². The van der Waals surface area contributed by atoms with Gasteiger partial charge in [0.1, 0.15) is 0 Å². The molecule has 0 radical (unpaired) electrons. The van der Waals surface area contributed by atoms with Crippen LogP contribution in [0.25, 0.3) is 0 Å². The van der Waals surface area contributed by atoms with Crippen LogP contribution in [0, 0.1) is 0 Å². The maximum atomic E-state index is 13.4. The summed E-state index contributed by atoms with van der Waals surface area (Å²) >= 11 is 0. The van der Waals surface area contributed by atoms with E-state index in [9.17, 15) is 9.59 Å². The third-order valence-electron chi connectivity index (χ3n) is 5.72. The van der Waals surface area contributed by atoms with Crippen LogP contribution in [-0.2, 0) is 4.79 Å². The van der Waals surface area contributed by atoms with Crippen LogP contribution >= 0.6 is 0 Å². The van der Waals surface area contributed by atoms with E-state index in [-0.39, 0.29) is 23.9 Å². The number of carbonyl (C=O) groups excluding carboxylic acids is 2. The van der Waals surface area contributed by atoms with E-state index in [1.807, 2.05) is 102 Å². The number of hydrogen-bond donors (Lipinski definition) is 0. The third-order valence-corrected chi connectivity index (χ3v) is 5.72. The molecule has 0 N–H and O–H groups in total. The summed E-state index contributed by atoms with van der Waals surface area (Å²) in [5.41, 5.74) is 3.44. The van der Waals surface area contributed by atoms with E-state index < -0.39 is 0 Å². The Bertz CT molecular complexity index is 1030. The Hall–Kier alpha value is -3.40. The van der Waals surface area contributed by atoms with Crippen LogP contribution in [0.2, 0.25) is 0 Å². The number of fused-ring (bicyclic) bond motifs is 1. The summed E-state index contributed by atoms with van der Waals surface area (Å²) in [7, 11) is 0. The average molecular weight is 399 g/mol. The Morgan fingerprint density at radius 2 is 1.50 bits per heavy atom. The van der Waals surface area contributed by atoms with Gasteiger partial charge in [0.2, 0.25) is 5.91 Å². The number of carbonyl (C=O) groups is 2. The highest BCUT2D eigenvalue weighted by Crippen LogP contribution is 2.42. The molecule has 4 rings (SSSR count). The minimum absolute atomic E-state index is 0.0120. The highest BCUT2D eigenvalue weighted by Gasteiger charge is 2.38. The number of para-hydroxylation sites is 2. The summed E-state index contributed by atoms with van der Waals surface area (Å²) in [6, 6.07) is 27.0. The molecule has 4 nitrogen and oxygen atoms in total. The molecule has 1 aliphatic heterocycles. The number of amides is 2. The predicted octanol–water partition coefficient (Wildman–Crippen LogP) is 5.61. The van der Waals surface area contributed by atoms with Gasteiger partial charge in [0.05, 0.1) is 6.04 Å². The van der Waals surface area contributed by atoms with Gasteiger partial charge in [-0.2, -0.15) is 0 Å². The molecule has 0 spiro atoms. The smallest absolute Gasteiger partial charge is 0.258 e. The van der Waals surface area contributed by atoms with Crippen molar-refractivity contribution in [2.45, 2.75) is 38.8 Å². The summed E-state index contributed by atoms with van der Waals surface area (Å²) in [6.45, 7) is 3.95. The zero-order valence-corrected chi connectivity index (χ0v) is 17.4. The van der Waals surface area contributed by atoms with Gasteiger partial charge in [-0.3, -0.25) is 9.59 Å². The van der Waals surface area contributed by atoms with Crippen molar-refractivity contribution in [2.24, 2.45) is 0 Å². The second kappa shape index (κ2) is 8.54. The summed E-state index contributed by atoms with van der Waals surface area (Å²) in [5, 5.41) is 0. The molecular formula is C26H26N2O2. The van der Waals surface area contributed by atoms with Gasteiger partial charge < -0.3 is 9.80 Å². The van der Waals surface area contributed by atoms with Crippen molar-refractivity contribution in [1.82, 2.24) is 0 Å². The van der Waals surface area contributed by atoms with Gasteiger partial charge in [-0.25, -0.2) is 0 Å². The summed E-state index contributed by atoms with van der Waals surface area (Å²) < 4.78 is 0. The van der Waals surface area contributed by atoms with E-state index in [0.717, 1.165) is 16.9 Å². The molecule has 0 aliphatic carbocycles. The van der Waals surface area contributed by atoms with E-state index in [1.165, 1.54) is 0 Å².